The maximum atomic E-state index is 13.0. The van der Waals surface area contributed by atoms with Gasteiger partial charge in [-0.05, 0) is 48.9 Å². The first kappa shape index (κ1) is 22.8. The van der Waals surface area contributed by atoms with Crippen LogP contribution in [-0.2, 0) is 9.59 Å². The molecule has 0 heterocycles. The van der Waals surface area contributed by atoms with Crippen LogP contribution in [0.5, 0.6) is 0 Å². The number of rotatable bonds is 9. The Morgan fingerprint density at radius 3 is 2.34 bits per heavy atom. The lowest BCUT2D eigenvalue weighted by Gasteiger charge is -2.21. The van der Waals surface area contributed by atoms with Crippen molar-refractivity contribution in [2.75, 3.05) is 18.4 Å². The van der Waals surface area contributed by atoms with Crippen LogP contribution < -0.4 is 5.32 Å². The van der Waals surface area contributed by atoms with Crippen LogP contribution in [0.25, 0.3) is 0 Å². The topological polar surface area (TPSA) is 66.5 Å². The number of nitrogens with one attached hydrogen (secondary N) is 1. The first-order chi connectivity index (χ1) is 13.8. The number of Topliss-reactive ketones (excluding diaryl/α,β-unsaturated/α-hetero) is 1. The van der Waals surface area contributed by atoms with E-state index in [0.717, 1.165) is 0 Å². The summed E-state index contributed by atoms with van der Waals surface area (Å²) in [5.74, 6) is -1.40. The Bertz CT molecular complexity index is 888. The summed E-state index contributed by atoms with van der Waals surface area (Å²) in [6, 6.07) is 9.85. The number of carbonyl (C=O) groups excluding carboxylic acids is 3. The van der Waals surface area contributed by atoms with Gasteiger partial charge in [0.05, 0.1) is 17.3 Å². The van der Waals surface area contributed by atoms with Crippen molar-refractivity contribution < 1.29 is 18.8 Å². The minimum absolute atomic E-state index is 0.0185. The van der Waals surface area contributed by atoms with E-state index in [-0.39, 0.29) is 31.1 Å². The summed E-state index contributed by atoms with van der Waals surface area (Å²) in [5.41, 5.74) is 0.743. The van der Waals surface area contributed by atoms with E-state index in [1.54, 1.807) is 12.1 Å². The largest absolute Gasteiger partial charge is 0.333 e. The number of halogens is 3. The molecule has 0 bridgehead atoms. The molecular weight excluding hydrogens is 418 g/mol. The van der Waals surface area contributed by atoms with E-state index in [1.165, 1.54) is 35.2 Å². The predicted molar refractivity (Wildman–Crippen MR) is 112 cm³/mol. The molecule has 2 aromatic rings. The lowest BCUT2D eigenvalue weighted by atomic mass is 10.1. The van der Waals surface area contributed by atoms with Crippen molar-refractivity contribution in [3.63, 3.8) is 0 Å². The van der Waals surface area contributed by atoms with Gasteiger partial charge in [-0.2, -0.15) is 0 Å². The summed E-state index contributed by atoms with van der Waals surface area (Å²) in [6.45, 7) is 2.11. The second kappa shape index (κ2) is 10.9. The average molecular weight is 439 g/mol. The van der Waals surface area contributed by atoms with Gasteiger partial charge in [-0.3, -0.25) is 14.4 Å². The molecule has 0 atom stereocenters. The van der Waals surface area contributed by atoms with Gasteiger partial charge in [-0.1, -0.05) is 30.1 Å². The van der Waals surface area contributed by atoms with E-state index in [4.69, 9.17) is 23.2 Å². The molecule has 0 spiro atoms. The zero-order chi connectivity index (χ0) is 21.4. The molecule has 0 aliphatic heterocycles. The Morgan fingerprint density at radius 1 is 1.03 bits per heavy atom. The predicted octanol–water partition coefficient (Wildman–Crippen LogP) is 4.97. The summed E-state index contributed by atoms with van der Waals surface area (Å²) in [6.07, 6.45) is 0.604. The summed E-state index contributed by atoms with van der Waals surface area (Å²) in [4.78, 5) is 38.4. The molecule has 154 valence electrons. The summed E-state index contributed by atoms with van der Waals surface area (Å²) < 4.78 is 13.0. The number of amides is 2. The van der Waals surface area contributed by atoms with E-state index in [2.05, 4.69) is 5.32 Å². The Hall–Kier alpha value is -2.44. The zero-order valence-corrected chi connectivity index (χ0v) is 17.4. The van der Waals surface area contributed by atoms with Gasteiger partial charge in [0.1, 0.15) is 5.82 Å². The minimum atomic E-state index is -0.432. The number of nitrogens with zero attached hydrogens (tertiary/aromatic N) is 1. The number of ketones is 1. The minimum Gasteiger partial charge on any atom is -0.333 e. The Labute approximate surface area is 178 Å². The van der Waals surface area contributed by atoms with Crippen molar-refractivity contribution in [2.45, 2.75) is 26.2 Å². The number of anilines is 1. The van der Waals surface area contributed by atoms with Crippen LogP contribution in [0.4, 0.5) is 10.1 Å². The fourth-order valence-electron chi connectivity index (χ4n) is 2.67. The van der Waals surface area contributed by atoms with Crippen LogP contribution in [0, 0.1) is 5.82 Å². The van der Waals surface area contributed by atoms with E-state index in [0.29, 0.717) is 34.3 Å². The molecule has 0 radical (unpaired) electrons. The van der Waals surface area contributed by atoms with Gasteiger partial charge < -0.3 is 10.2 Å². The molecular formula is C21H21Cl2FN2O3. The van der Waals surface area contributed by atoms with E-state index in [9.17, 15) is 18.8 Å². The molecule has 0 fully saturated rings. The van der Waals surface area contributed by atoms with Crippen molar-refractivity contribution in [1.29, 1.82) is 0 Å². The highest BCUT2D eigenvalue weighted by Crippen LogP contribution is 2.25. The third-order valence-electron chi connectivity index (χ3n) is 4.12. The second-order valence-corrected chi connectivity index (χ2v) is 7.26. The first-order valence-corrected chi connectivity index (χ1v) is 9.87. The van der Waals surface area contributed by atoms with Crippen LogP contribution in [0.1, 0.15) is 36.5 Å². The third-order valence-corrected chi connectivity index (χ3v) is 4.67. The monoisotopic (exact) mass is 438 g/mol. The summed E-state index contributed by atoms with van der Waals surface area (Å²) in [7, 11) is 0. The molecule has 2 amide bonds. The van der Waals surface area contributed by atoms with Crippen molar-refractivity contribution in [1.82, 2.24) is 4.90 Å². The van der Waals surface area contributed by atoms with Gasteiger partial charge in [-0.15, -0.1) is 0 Å². The fraction of sp³-hybridized carbons (Fsp3) is 0.286. The van der Waals surface area contributed by atoms with Gasteiger partial charge in [0.15, 0.2) is 5.78 Å². The van der Waals surface area contributed by atoms with Crippen molar-refractivity contribution in [3.05, 3.63) is 63.9 Å². The molecule has 8 heteroatoms. The molecule has 0 aliphatic carbocycles. The van der Waals surface area contributed by atoms with Gasteiger partial charge in [0.25, 0.3) is 0 Å². The van der Waals surface area contributed by atoms with E-state index in [1.807, 2.05) is 6.92 Å². The lowest BCUT2D eigenvalue weighted by molar-refractivity contribution is -0.134. The van der Waals surface area contributed by atoms with Crippen LogP contribution in [0.15, 0.2) is 42.5 Å². The maximum Gasteiger partial charge on any atom is 0.244 e. The van der Waals surface area contributed by atoms with Crippen LogP contribution in [0.3, 0.4) is 0 Å². The Morgan fingerprint density at radius 2 is 1.72 bits per heavy atom. The maximum absolute atomic E-state index is 13.0. The van der Waals surface area contributed by atoms with E-state index < -0.39 is 11.7 Å². The Kier molecular flexibility index (Phi) is 8.61. The van der Waals surface area contributed by atoms with Crippen LogP contribution >= 0.6 is 23.2 Å². The van der Waals surface area contributed by atoms with Crippen LogP contribution in [0.2, 0.25) is 10.0 Å². The summed E-state index contributed by atoms with van der Waals surface area (Å²) >= 11 is 11.9. The van der Waals surface area contributed by atoms with Crippen molar-refractivity contribution >= 4 is 46.5 Å². The molecule has 2 aromatic carbocycles. The third kappa shape index (κ3) is 7.15. The highest BCUT2D eigenvalue weighted by atomic mass is 35.5. The van der Waals surface area contributed by atoms with Crippen molar-refractivity contribution in [3.8, 4) is 0 Å². The molecule has 0 saturated carbocycles. The highest BCUT2D eigenvalue weighted by Gasteiger charge is 2.19. The van der Waals surface area contributed by atoms with Gasteiger partial charge in [-0.25, -0.2) is 4.39 Å². The molecule has 5 nitrogen and oxygen atoms in total. The standard InChI is InChI=1S/C21H21Cl2FN2O3/c1-2-11-26(13-20(28)25-18-8-5-15(22)12-17(18)23)21(29)10-9-19(27)14-3-6-16(24)7-4-14/h3-8,12H,2,9-11,13H2,1H3,(H,25,28). The highest BCUT2D eigenvalue weighted by molar-refractivity contribution is 6.36. The number of hydrogen-bond donors (Lipinski definition) is 1. The van der Waals surface area contributed by atoms with E-state index >= 15 is 0 Å². The zero-order valence-electron chi connectivity index (χ0n) is 15.9. The quantitative estimate of drug-likeness (QED) is 0.561. The Balaban J connectivity index is 1.93. The fourth-order valence-corrected chi connectivity index (χ4v) is 3.13. The molecule has 0 aliphatic rings. The van der Waals surface area contributed by atoms with Crippen LogP contribution in [-0.4, -0.2) is 35.6 Å². The number of carbonyl (C=O) groups is 3. The molecule has 0 aromatic heterocycles. The molecule has 0 unspecified atom stereocenters. The average Bonchev–Trinajstić information content (AvgIpc) is 2.68. The van der Waals surface area contributed by atoms with Crippen molar-refractivity contribution in [2.24, 2.45) is 0 Å². The molecule has 0 saturated heterocycles. The molecule has 2 rings (SSSR count). The SMILES string of the molecule is CCCN(CC(=O)Nc1ccc(Cl)cc1Cl)C(=O)CCC(=O)c1ccc(F)cc1. The van der Waals surface area contributed by atoms with Gasteiger partial charge in [0.2, 0.25) is 11.8 Å². The molecule has 29 heavy (non-hydrogen) atoms. The smallest absolute Gasteiger partial charge is 0.244 e. The van der Waals surface area contributed by atoms with Gasteiger partial charge >= 0.3 is 0 Å². The van der Waals surface area contributed by atoms with Gasteiger partial charge in [0, 0.05) is 30.0 Å². The normalized spacial score (nSPS) is 10.5. The lowest BCUT2D eigenvalue weighted by Crippen LogP contribution is -2.38. The summed E-state index contributed by atoms with van der Waals surface area (Å²) in [5, 5.41) is 3.39. The number of benzene rings is 2. The second-order valence-electron chi connectivity index (χ2n) is 6.42. The molecule has 1 N–H and O–H groups in total. The first-order valence-electron chi connectivity index (χ1n) is 9.11. The number of hydrogen-bond acceptors (Lipinski definition) is 3.